The van der Waals surface area contributed by atoms with Gasteiger partial charge in [-0.05, 0) is 48.2 Å². The van der Waals surface area contributed by atoms with Crippen LogP contribution in [0.2, 0.25) is 0 Å². The van der Waals surface area contributed by atoms with Gasteiger partial charge in [0.15, 0.2) is 0 Å². The molecule has 0 saturated heterocycles. The van der Waals surface area contributed by atoms with Gasteiger partial charge in [0, 0.05) is 6.54 Å². The molecule has 4 heteroatoms. The van der Waals surface area contributed by atoms with Crippen LogP contribution in [0.25, 0.3) is 0 Å². The molecule has 0 aliphatic carbocycles. The zero-order chi connectivity index (χ0) is 12.7. The van der Waals surface area contributed by atoms with Gasteiger partial charge in [0.25, 0.3) is 0 Å². The van der Waals surface area contributed by atoms with Crippen molar-refractivity contribution in [2.45, 2.75) is 13.5 Å². The summed E-state index contributed by atoms with van der Waals surface area (Å²) in [4.78, 5) is 0. The lowest BCUT2D eigenvalue weighted by molar-refractivity contribution is 0.556. The molecular formula is C13H17FN2S. The predicted octanol–water partition coefficient (Wildman–Crippen LogP) is 2.79. The Morgan fingerprint density at radius 2 is 2.29 bits per heavy atom. The summed E-state index contributed by atoms with van der Waals surface area (Å²) in [7, 11) is 0. The monoisotopic (exact) mass is 252 g/mol. The number of benzene rings is 1. The second kappa shape index (κ2) is 7.31. The molecule has 17 heavy (non-hydrogen) atoms. The maximum Gasteiger partial charge on any atom is 0.123 e. The summed E-state index contributed by atoms with van der Waals surface area (Å²) in [5.74, 6) is 1.38. The third kappa shape index (κ3) is 4.76. The Balaban J connectivity index is 2.51. The van der Waals surface area contributed by atoms with Crippen molar-refractivity contribution in [1.82, 2.24) is 5.32 Å². The van der Waals surface area contributed by atoms with E-state index in [0.29, 0.717) is 18.0 Å². The lowest BCUT2D eigenvalue weighted by atomic mass is 10.1. The van der Waals surface area contributed by atoms with Crippen LogP contribution in [-0.2, 0) is 6.54 Å². The van der Waals surface area contributed by atoms with Gasteiger partial charge in [-0.1, -0.05) is 6.92 Å². The number of nitrogens with one attached hydrogen (secondary N) is 1. The van der Waals surface area contributed by atoms with E-state index in [9.17, 15) is 4.39 Å². The summed E-state index contributed by atoms with van der Waals surface area (Å²) in [6, 6.07) is 6.34. The molecule has 1 unspecified atom stereocenters. The van der Waals surface area contributed by atoms with Crippen molar-refractivity contribution in [3.8, 4) is 6.07 Å². The third-order valence-corrected chi connectivity index (χ3v) is 3.35. The largest absolute Gasteiger partial charge is 0.312 e. The maximum absolute atomic E-state index is 13.0. The summed E-state index contributed by atoms with van der Waals surface area (Å²) >= 11 is 1.81. The lowest BCUT2D eigenvalue weighted by Crippen LogP contribution is -2.22. The summed E-state index contributed by atoms with van der Waals surface area (Å²) in [5.41, 5.74) is 1.26. The smallest absolute Gasteiger partial charge is 0.123 e. The predicted molar refractivity (Wildman–Crippen MR) is 70.4 cm³/mol. The van der Waals surface area contributed by atoms with Gasteiger partial charge in [-0.15, -0.1) is 0 Å². The van der Waals surface area contributed by atoms with Crippen molar-refractivity contribution < 1.29 is 4.39 Å². The maximum atomic E-state index is 13.0. The van der Waals surface area contributed by atoms with Crippen LogP contribution in [0.4, 0.5) is 4.39 Å². The van der Waals surface area contributed by atoms with Crippen LogP contribution in [-0.4, -0.2) is 18.6 Å². The van der Waals surface area contributed by atoms with Crippen molar-refractivity contribution >= 4 is 11.8 Å². The molecule has 1 rings (SSSR count). The molecule has 1 atom stereocenters. The van der Waals surface area contributed by atoms with Crippen molar-refractivity contribution in [2.75, 3.05) is 18.6 Å². The lowest BCUT2D eigenvalue weighted by Gasteiger charge is -2.11. The minimum absolute atomic E-state index is 0.294. The molecule has 0 amide bonds. The molecule has 0 aliphatic heterocycles. The highest BCUT2D eigenvalue weighted by Gasteiger charge is 2.05. The van der Waals surface area contributed by atoms with Crippen molar-refractivity contribution in [2.24, 2.45) is 5.92 Å². The SMILES string of the molecule is CSCC(C)CNCc1cc(F)ccc1C#N. The molecule has 0 radical (unpaired) electrons. The number of nitriles is 1. The molecule has 0 spiro atoms. The van der Waals surface area contributed by atoms with E-state index >= 15 is 0 Å². The van der Waals surface area contributed by atoms with Crippen LogP contribution in [0.1, 0.15) is 18.1 Å². The van der Waals surface area contributed by atoms with Crippen LogP contribution in [0.5, 0.6) is 0 Å². The molecule has 0 aliphatic rings. The van der Waals surface area contributed by atoms with Crippen molar-refractivity contribution in [1.29, 1.82) is 5.26 Å². The fraction of sp³-hybridized carbons (Fsp3) is 0.462. The molecule has 0 bridgehead atoms. The van der Waals surface area contributed by atoms with E-state index in [1.165, 1.54) is 18.2 Å². The van der Waals surface area contributed by atoms with Crippen molar-refractivity contribution in [3.05, 3.63) is 35.1 Å². The Bertz CT molecular complexity index is 401. The Morgan fingerprint density at radius 1 is 1.53 bits per heavy atom. The molecular weight excluding hydrogens is 235 g/mol. The zero-order valence-electron chi connectivity index (χ0n) is 10.2. The zero-order valence-corrected chi connectivity index (χ0v) is 11.0. The fourth-order valence-corrected chi connectivity index (χ4v) is 2.30. The first-order valence-electron chi connectivity index (χ1n) is 5.55. The van der Waals surface area contributed by atoms with Crippen LogP contribution < -0.4 is 5.32 Å². The van der Waals surface area contributed by atoms with E-state index in [0.717, 1.165) is 17.9 Å². The van der Waals surface area contributed by atoms with E-state index in [2.05, 4.69) is 24.6 Å². The van der Waals surface area contributed by atoms with Gasteiger partial charge in [0.2, 0.25) is 0 Å². The average Bonchev–Trinajstić information content (AvgIpc) is 2.30. The van der Waals surface area contributed by atoms with Gasteiger partial charge in [0.1, 0.15) is 5.82 Å². The number of halogens is 1. The Kier molecular flexibility index (Phi) is 6.03. The van der Waals surface area contributed by atoms with E-state index < -0.39 is 0 Å². The van der Waals surface area contributed by atoms with Crippen LogP contribution in [0.15, 0.2) is 18.2 Å². The first-order valence-corrected chi connectivity index (χ1v) is 6.95. The topological polar surface area (TPSA) is 35.8 Å². The molecule has 1 aromatic carbocycles. The highest BCUT2D eigenvalue weighted by atomic mass is 32.2. The van der Waals surface area contributed by atoms with Gasteiger partial charge in [-0.25, -0.2) is 4.39 Å². The number of hydrogen-bond donors (Lipinski definition) is 1. The van der Waals surface area contributed by atoms with Crippen LogP contribution in [0.3, 0.4) is 0 Å². The van der Waals surface area contributed by atoms with Gasteiger partial charge < -0.3 is 5.32 Å². The minimum Gasteiger partial charge on any atom is -0.312 e. The Labute approximate surface area is 106 Å². The molecule has 0 aromatic heterocycles. The third-order valence-electron chi connectivity index (χ3n) is 2.45. The molecule has 2 nitrogen and oxygen atoms in total. The highest BCUT2D eigenvalue weighted by Crippen LogP contribution is 2.10. The number of hydrogen-bond acceptors (Lipinski definition) is 3. The molecule has 92 valence electrons. The van der Waals surface area contributed by atoms with Gasteiger partial charge in [-0.3, -0.25) is 0 Å². The number of rotatable bonds is 6. The quantitative estimate of drug-likeness (QED) is 0.845. The molecule has 1 N–H and O–H groups in total. The minimum atomic E-state index is -0.294. The molecule has 0 heterocycles. The van der Waals surface area contributed by atoms with Crippen LogP contribution in [0, 0.1) is 23.1 Å². The summed E-state index contributed by atoms with van der Waals surface area (Å²) < 4.78 is 13.0. The van der Waals surface area contributed by atoms with Gasteiger partial charge >= 0.3 is 0 Å². The van der Waals surface area contributed by atoms with Gasteiger partial charge in [0.05, 0.1) is 11.6 Å². The number of thioether (sulfide) groups is 1. The average molecular weight is 252 g/mol. The molecule has 1 aromatic rings. The number of nitrogens with zero attached hydrogens (tertiary/aromatic N) is 1. The van der Waals surface area contributed by atoms with Gasteiger partial charge in [-0.2, -0.15) is 17.0 Å². The summed E-state index contributed by atoms with van der Waals surface area (Å²) in [6.45, 7) is 3.59. The second-order valence-electron chi connectivity index (χ2n) is 4.10. The van der Waals surface area contributed by atoms with E-state index in [-0.39, 0.29) is 5.82 Å². The van der Waals surface area contributed by atoms with Crippen LogP contribution >= 0.6 is 11.8 Å². The normalized spacial score (nSPS) is 12.1. The fourth-order valence-electron chi connectivity index (χ4n) is 1.61. The summed E-state index contributed by atoms with van der Waals surface area (Å²) in [6.07, 6.45) is 2.08. The molecule has 0 saturated carbocycles. The van der Waals surface area contributed by atoms with E-state index in [1.807, 2.05) is 11.8 Å². The summed E-state index contributed by atoms with van der Waals surface area (Å²) in [5, 5.41) is 12.2. The first-order chi connectivity index (χ1) is 8.17. The molecule has 0 fully saturated rings. The Morgan fingerprint density at radius 3 is 2.94 bits per heavy atom. The second-order valence-corrected chi connectivity index (χ2v) is 5.02. The first kappa shape index (κ1) is 14.0. The Hall–Kier alpha value is -1.05. The van der Waals surface area contributed by atoms with E-state index in [1.54, 1.807) is 0 Å². The standard InChI is InChI=1S/C13H17FN2S/c1-10(9-17-2)7-16-8-12-5-13(14)4-3-11(12)6-15/h3-5,10,16H,7-9H2,1-2H3. The highest BCUT2D eigenvalue weighted by molar-refractivity contribution is 7.98. The van der Waals surface area contributed by atoms with E-state index in [4.69, 9.17) is 5.26 Å². The van der Waals surface area contributed by atoms with Crippen molar-refractivity contribution in [3.63, 3.8) is 0 Å².